The molecule has 0 bridgehead atoms. The van der Waals surface area contributed by atoms with Gasteiger partial charge in [-0.3, -0.25) is 4.79 Å². The summed E-state index contributed by atoms with van der Waals surface area (Å²) in [4.78, 5) is 19.3. The van der Waals surface area contributed by atoms with Crippen molar-refractivity contribution in [2.24, 2.45) is 0 Å². The Morgan fingerprint density at radius 2 is 2.18 bits per heavy atom. The average Bonchev–Trinajstić information content (AvgIpc) is 2.63. The van der Waals surface area contributed by atoms with Gasteiger partial charge < -0.3 is 10.1 Å². The smallest absolute Gasteiger partial charge is 0.258 e. The number of aromatic amines is 1. The molecule has 2 rings (SSSR count). The second-order valence-corrected chi connectivity index (χ2v) is 6.37. The zero-order valence-corrected chi connectivity index (χ0v) is 11.7. The molecule has 0 radical (unpaired) electrons. The average molecular weight is 315 g/mol. The van der Waals surface area contributed by atoms with Crippen LogP contribution in [0.3, 0.4) is 0 Å². The molecule has 17 heavy (non-hydrogen) atoms. The maximum Gasteiger partial charge on any atom is 0.258 e. The first-order valence-electron chi connectivity index (χ1n) is 5.08. The molecule has 0 fully saturated rings. The van der Waals surface area contributed by atoms with E-state index in [0.29, 0.717) is 11.4 Å². The monoisotopic (exact) mass is 314 g/mol. The van der Waals surface area contributed by atoms with E-state index in [1.165, 1.54) is 11.3 Å². The Morgan fingerprint density at radius 1 is 1.47 bits per heavy atom. The molecular formula is C11H11BrN2O2S. The molecule has 4 nitrogen and oxygen atoms in total. The Hall–Kier alpha value is -1.14. The van der Waals surface area contributed by atoms with Crippen LogP contribution >= 0.6 is 27.3 Å². The molecule has 2 aromatic rings. The molecule has 2 N–H and O–H groups in total. The van der Waals surface area contributed by atoms with Crippen molar-refractivity contribution < 1.29 is 5.11 Å². The van der Waals surface area contributed by atoms with E-state index in [1.807, 2.05) is 26.0 Å². The Kier molecular flexibility index (Phi) is 3.35. The topological polar surface area (TPSA) is 66.0 Å². The fourth-order valence-corrected chi connectivity index (χ4v) is 2.88. The van der Waals surface area contributed by atoms with Crippen LogP contribution in [0.4, 0.5) is 0 Å². The van der Waals surface area contributed by atoms with Crippen molar-refractivity contribution in [2.45, 2.75) is 19.8 Å². The van der Waals surface area contributed by atoms with Gasteiger partial charge >= 0.3 is 0 Å². The lowest BCUT2D eigenvalue weighted by atomic mass is 10.1. The highest BCUT2D eigenvalue weighted by atomic mass is 79.9. The van der Waals surface area contributed by atoms with Gasteiger partial charge in [0.1, 0.15) is 0 Å². The summed E-state index contributed by atoms with van der Waals surface area (Å²) in [6.45, 7) is 3.68. The van der Waals surface area contributed by atoms with E-state index in [1.54, 1.807) is 0 Å². The molecule has 2 aromatic heterocycles. The second-order valence-electron chi connectivity index (χ2n) is 3.91. The molecule has 0 aromatic carbocycles. The second kappa shape index (κ2) is 4.62. The normalized spacial score (nSPS) is 11.1. The number of rotatable bonds is 2. The van der Waals surface area contributed by atoms with Crippen molar-refractivity contribution in [3.63, 3.8) is 0 Å². The van der Waals surface area contributed by atoms with Crippen molar-refractivity contribution in [1.29, 1.82) is 0 Å². The first-order valence-corrected chi connectivity index (χ1v) is 6.69. The number of hydrogen-bond donors (Lipinski definition) is 2. The minimum atomic E-state index is -0.285. The van der Waals surface area contributed by atoms with Gasteiger partial charge in [0, 0.05) is 0 Å². The van der Waals surface area contributed by atoms with Crippen LogP contribution in [0.25, 0.3) is 10.7 Å². The van der Waals surface area contributed by atoms with Crippen LogP contribution < -0.4 is 5.56 Å². The first kappa shape index (κ1) is 12.3. The third-order valence-electron chi connectivity index (χ3n) is 2.32. The Labute approximate surface area is 110 Å². The molecular weight excluding hydrogens is 304 g/mol. The van der Waals surface area contributed by atoms with Gasteiger partial charge in [-0.05, 0) is 34.0 Å². The van der Waals surface area contributed by atoms with Crippen molar-refractivity contribution in [1.82, 2.24) is 9.97 Å². The van der Waals surface area contributed by atoms with Gasteiger partial charge in [-0.1, -0.05) is 13.8 Å². The van der Waals surface area contributed by atoms with Crippen LogP contribution in [0, 0.1) is 0 Å². The van der Waals surface area contributed by atoms with E-state index in [2.05, 4.69) is 25.9 Å². The molecule has 0 aliphatic rings. The number of aromatic hydroxyl groups is 1. The number of H-pyrrole nitrogens is 1. The summed E-state index contributed by atoms with van der Waals surface area (Å²) in [6.07, 6.45) is 0. The van der Waals surface area contributed by atoms with Crippen molar-refractivity contribution >= 4 is 27.3 Å². The fourth-order valence-electron chi connectivity index (χ4n) is 1.55. The van der Waals surface area contributed by atoms with E-state index in [4.69, 9.17) is 0 Å². The Balaban J connectivity index is 2.57. The number of nitrogens with one attached hydrogen (secondary N) is 1. The van der Waals surface area contributed by atoms with Crippen molar-refractivity contribution in [3.8, 4) is 16.6 Å². The van der Waals surface area contributed by atoms with Crippen molar-refractivity contribution in [2.75, 3.05) is 0 Å². The molecule has 0 unspecified atom stereocenters. The van der Waals surface area contributed by atoms with Gasteiger partial charge in [-0.25, -0.2) is 0 Å². The molecule has 6 heteroatoms. The van der Waals surface area contributed by atoms with Crippen molar-refractivity contribution in [3.05, 3.63) is 31.8 Å². The Bertz CT molecular complexity index is 604. The summed E-state index contributed by atoms with van der Waals surface area (Å²) < 4.78 is 0.947. The molecule has 90 valence electrons. The highest BCUT2D eigenvalue weighted by molar-refractivity contribution is 9.11. The summed E-state index contributed by atoms with van der Waals surface area (Å²) in [6, 6.07) is 3.70. The minimum Gasteiger partial charge on any atom is -0.493 e. The molecule has 0 spiro atoms. The van der Waals surface area contributed by atoms with Crippen LogP contribution in [0.2, 0.25) is 0 Å². The standard InChI is InChI=1S/C11H11BrN2O2S/c1-5(2)8-10(15)13-9(14-11(8)16)6-3-4-7(12)17-6/h3-5H,1-2H3,(H2,13,14,15,16). The number of aromatic nitrogens is 2. The maximum absolute atomic E-state index is 11.8. The molecule has 0 amide bonds. The molecule has 0 aliphatic carbocycles. The number of thiophene rings is 1. The van der Waals surface area contributed by atoms with E-state index in [0.717, 1.165) is 8.66 Å². The first-order chi connectivity index (χ1) is 7.99. The zero-order valence-electron chi connectivity index (χ0n) is 9.32. The molecule has 0 atom stereocenters. The number of nitrogens with zero attached hydrogens (tertiary/aromatic N) is 1. The van der Waals surface area contributed by atoms with Crippen LogP contribution in [-0.2, 0) is 0 Å². The lowest BCUT2D eigenvalue weighted by Gasteiger charge is -2.07. The highest BCUT2D eigenvalue weighted by Gasteiger charge is 2.15. The number of halogens is 1. The van der Waals surface area contributed by atoms with E-state index in [9.17, 15) is 9.90 Å². The van der Waals surface area contributed by atoms with Crippen LogP contribution in [0.1, 0.15) is 25.3 Å². The number of hydrogen-bond acceptors (Lipinski definition) is 4. The summed E-state index contributed by atoms with van der Waals surface area (Å²) in [5.74, 6) is 0.145. The largest absolute Gasteiger partial charge is 0.493 e. The van der Waals surface area contributed by atoms with E-state index >= 15 is 0 Å². The zero-order chi connectivity index (χ0) is 12.6. The van der Waals surface area contributed by atoms with E-state index < -0.39 is 0 Å². The molecule has 0 saturated heterocycles. The lowest BCUT2D eigenvalue weighted by Crippen LogP contribution is -2.16. The molecule has 2 heterocycles. The lowest BCUT2D eigenvalue weighted by molar-refractivity contribution is 0.440. The quantitative estimate of drug-likeness (QED) is 0.895. The predicted molar refractivity (Wildman–Crippen MR) is 71.6 cm³/mol. The molecule has 0 aliphatic heterocycles. The third kappa shape index (κ3) is 2.42. The third-order valence-corrected chi connectivity index (χ3v) is 3.95. The van der Waals surface area contributed by atoms with Gasteiger partial charge in [0.05, 0.1) is 14.2 Å². The molecule has 0 saturated carbocycles. The van der Waals surface area contributed by atoms with Crippen LogP contribution in [-0.4, -0.2) is 15.1 Å². The van der Waals surface area contributed by atoms with Gasteiger partial charge in [0.2, 0.25) is 5.88 Å². The predicted octanol–water partition coefficient (Wildman–Crippen LogP) is 3.09. The van der Waals surface area contributed by atoms with Gasteiger partial charge in [0.25, 0.3) is 5.56 Å². The van der Waals surface area contributed by atoms with Gasteiger partial charge in [-0.2, -0.15) is 4.98 Å². The van der Waals surface area contributed by atoms with Crippen LogP contribution in [0.15, 0.2) is 20.7 Å². The van der Waals surface area contributed by atoms with E-state index in [-0.39, 0.29) is 17.4 Å². The van der Waals surface area contributed by atoms with Gasteiger partial charge in [0.15, 0.2) is 5.82 Å². The fraction of sp³-hybridized carbons (Fsp3) is 0.273. The summed E-state index contributed by atoms with van der Waals surface area (Å²) in [5.41, 5.74) is 0.0383. The van der Waals surface area contributed by atoms with Gasteiger partial charge in [-0.15, -0.1) is 11.3 Å². The Morgan fingerprint density at radius 3 is 2.65 bits per heavy atom. The maximum atomic E-state index is 11.8. The van der Waals surface area contributed by atoms with Crippen LogP contribution in [0.5, 0.6) is 5.88 Å². The SMILES string of the molecule is CC(C)c1c(O)nc(-c2ccc(Br)s2)[nH]c1=O. The highest BCUT2D eigenvalue weighted by Crippen LogP contribution is 2.30. The summed E-state index contributed by atoms with van der Waals surface area (Å²) in [5, 5.41) is 9.77. The minimum absolute atomic E-state index is 0.0598. The summed E-state index contributed by atoms with van der Waals surface area (Å²) in [7, 11) is 0. The summed E-state index contributed by atoms with van der Waals surface area (Å²) >= 11 is 4.79.